The number of anilines is 1. The molecule has 0 aliphatic carbocycles. The Morgan fingerprint density at radius 2 is 1.93 bits per heavy atom. The molecule has 0 aliphatic heterocycles. The average Bonchev–Trinajstić information content (AvgIpc) is 3.30. The Kier molecular flexibility index (Phi) is 4.75. The van der Waals surface area contributed by atoms with Crippen LogP contribution in [0, 0.1) is 12.7 Å². The van der Waals surface area contributed by atoms with Gasteiger partial charge in [-0.1, -0.05) is 53.8 Å². The lowest BCUT2D eigenvalue weighted by Gasteiger charge is -2.04. The lowest BCUT2D eigenvalue weighted by molar-refractivity contribution is 0.102. The Hall–Kier alpha value is -3.32. The number of carbonyl (C=O) groups excluding carboxylic acids is 1. The van der Waals surface area contributed by atoms with Gasteiger partial charge in [0.05, 0.1) is 16.1 Å². The number of aryl methyl sites for hydroxylation is 2. The van der Waals surface area contributed by atoms with Gasteiger partial charge in [-0.25, -0.2) is 14.4 Å². The summed E-state index contributed by atoms with van der Waals surface area (Å²) >= 11 is 1.31. The van der Waals surface area contributed by atoms with Crippen LogP contribution in [0.1, 0.15) is 15.9 Å². The molecule has 140 valence electrons. The Balaban J connectivity index is 1.75. The van der Waals surface area contributed by atoms with Gasteiger partial charge >= 0.3 is 0 Å². The summed E-state index contributed by atoms with van der Waals surface area (Å²) in [7, 11) is 1.90. The summed E-state index contributed by atoms with van der Waals surface area (Å²) in [6.07, 6.45) is 3.56. The number of amides is 1. The average molecular weight is 392 g/mol. The van der Waals surface area contributed by atoms with E-state index in [0.717, 1.165) is 22.0 Å². The quantitative estimate of drug-likeness (QED) is 0.537. The SMILES string of the molecule is Cc1cccc(C(=O)Nc2nc(-c3ccccc3)c(-c3nccn3C)s2)c1F. The second-order valence-electron chi connectivity index (χ2n) is 6.32. The Morgan fingerprint density at radius 1 is 1.14 bits per heavy atom. The summed E-state index contributed by atoms with van der Waals surface area (Å²) in [5.41, 5.74) is 2.05. The first-order valence-corrected chi connectivity index (χ1v) is 9.46. The standard InChI is InChI=1S/C21H17FN4OS/c1-13-7-6-10-15(16(13)22)20(27)25-21-24-17(14-8-4-3-5-9-14)18(28-21)19-23-11-12-26(19)2/h3-12H,1-2H3,(H,24,25,27). The molecule has 0 aliphatic rings. The van der Waals surface area contributed by atoms with E-state index in [1.165, 1.54) is 17.4 Å². The van der Waals surface area contributed by atoms with Gasteiger partial charge in [0.15, 0.2) is 11.0 Å². The van der Waals surface area contributed by atoms with Crippen molar-refractivity contribution < 1.29 is 9.18 Å². The van der Waals surface area contributed by atoms with Crippen LogP contribution in [0.25, 0.3) is 22.0 Å². The van der Waals surface area contributed by atoms with Crippen molar-refractivity contribution in [1.82, 2.24) is 14.5 Å². The summed E-state index contributed by atoms with van der Waals surface area (Å²) in [4.78, 5) is 22.4. The first kappa shape index (κ1) is 18.1. The van der Waals surface area contributed by atoms with Crippen molar-refractivity contribution in [1.29, 1.82) is 0 Å². The van der Waals surface area contributed by atoms with Crippen molar-refractivity contribution in [3.8, 4) is 22.0 Å². The largest absolute Gasteiger partial charge is 0.333 e. The second-order valence-corrected chi connectivity index (χ2v) is 7.31. The van der Waals surface area contributed by atoms with Gasteiger partial charge in [0.1, 0.15) is 5.82 Å². The highest BCUT2D eigenvalue weighted by Gasteiger charge is 2.20. The summed E-state index contributed by atoms with van der Waals surface area (Å²) in [5.74, 6) is -0.302. The first-order valence-electron chi connectivity index (χ1n) is 8.65. The van der Waals surface area contributed by atoms with Crippen LogP contribution in [-0.4, -0.2) is 20.4 Å². The molecule has 28 heavy (non-hydrogen) atoms. The normalized spacial score (nSPS) is 10.8. The van der Waals surface area contributed by atoms with Gasteiger partial charge in [-0.3, -0.25) is 10.1 Å². The summed E-state index contributed by atoms with van der Waals surface area (Å²) < 4.78 is 16.2. The van der Waals surface area contributed by atoms with Gasteiger partial charge in [0.2, 0.25) is 0 Å². The van der Waals surface area contributed by atoms with Crippen molar-refractivity contribution in [2.45, 2.75) is 6.92 Å². The van der Waals surface area contributed by atoms with E-state index in [-0.39, 0.29) is 5.56 Å². The van der Waals surface area contributed by atoms with Crippen LogP contribution < -0.4 is 5.32 Å². The second kappa shape index (κ2) is 7.36. The number of nitrogens with one attached hydrogen (secondary N) is 1. The molecule has 0 atom stereocenters. The zero-order valence-electron chi connectivity index (χ0n) is 15.3. The van der Waals surface area contributed by atoms with Gasteiger partial charge in [0, 0.05) is 25.0 Å². The van der Waals surface area contributed by atoms with Crippen molar-refractivity contribution in [2.75, 3.05) is 5.32 Å². The molecule has 0 fully saturated rings. The van der Waals surface area contributed by atoms with Crippen LogP contribution >= 0.6 is 11.3 Å². The minimum absolute atomic E-state index is 0.00463. The molecule has 2 heterocycles. The number of aromatic nitrogens is 3. The molecule has 1 amide bonds. The highest BCUT2D eigenvalue weighted by molar-refractivity contribution is 7.19. The predicted molar refractivity (Wildman–Crippen MR) is 109 cm³/mol. The molecule has 2 aromatic carbocycles. The monoisotopic (exact) mass is 392 g/mol. The molecule has 0 unspecified atom stereocenters. The van der Waals surface area contributed by atoms with Crippen molar-refractivity contribution in [3.63, 3.8) is 0 Å². The fourth-order valence-electron chi connectivity index (χ4n) is 2.89. The number of hydrogen-bond acceptors (Lipinski definition) is 4. The number of carbonyl (C=O) groups is 1. The lowest BCUT2D eigenvalue weighted by atomic mass is 10.1. The molecule has 7 heteroatoms. The third-order valence-electron chi connectivity index (χ3n) is 4.36. The van der Waals surface area contributed by atoms with Gasteiger partial charge in [-0.05, 0) is 18.6 Å². The van der Waals surface area contributed by atoms with Gasteiger partial charge in [-0.2, -0.15) is 0 Å². The van der Waals surface area contributed by atoms with Gasteiger partial charge < -0.3 is 4.57 Å². The molecule has 0 saturated carbocycles. The maximum absolute atomic E-state index is 14.3. The van der Waals surface area contributed by atoms with Gasteiger partial charge in [0.25, 0.3) is 5.91 Å². The highest BCUT2D eigenvalue weighted by Crippen LogP contribution is 2.38. The van der Waals surface area contributed by atoms with Crippen LogP contribution in [0.15, 0.2) is 60.9 Å². The van der Waals surface area contributed by atoms with Crippen LogP contribution in [0.2, 0.25) is 0 Å². The summed E-state index contributed by atoms with van der Waals surface area (Å²) in [6, 6.07) is 14.4. The number of halogens is 1. The Morgan fingerprint density at radius 3 is 2.64 bits per heavy atom. The van der Waals surface area contributed by atoms with Crippen LogP contribution in [0.4, 0.5) is 9.52 Å². The van der Waals surface area contributed by atoms with Crippen LogP contribution in [0.5, 0.6) is 0 Å². The molecule has 0 radical (unpaired) electrons. The zero-order chi connectivity index (χ0) is 19.7. The fraction of sp³-hybridized carbons (Fsp3) is 0.0952. The third kappa shape index (κ3) is 3.32. The number of benzene rings is 2. The predicted octanol–water partition coefficient (Wildman–Crippen LogP) is 4.91. The molecule has 1 N–H and O–H groups in total. The number of nitrogens with zero attached hydrogens (tertiary/aromatic N) is 3. The molecule has 5 nitrogen and oxygen atoms in total. The van der Waals surface area contributed by atoms with E-state index in [0.29, 0.717) is 10.7 Å². The molecule has 0 bridgehead atoms. The minimum atomic E-state index is -0.527. The van der Waals surface area contributed by atoms with Crippen LogP contribution in [-0.2, 0) is 7.05 Å². The van der Waals surface area contributed by atoms with Crippen molar-refractivity contribution in [3.05, 3.63) is 77.9 Å². The first-order chi connectivity index (χ1) is 13.5. The molecular formula is C21H17FN4OS. The lowest BCUT2D eigenvalue weighted by Crippen LogP contribution is -2.14. The summed E-state index contributed by atoms with van der Waals surface area (Å²) in [6.45, 7) is 1.63. The van der Waals surface area contributed by atoms with Crippen molar-refractivity contribution in [2.24, 2.45) is 7.05 Å². The van der Waals surface area contributed by atoms with E-state index >= 15 is 0 Å². The maximum Gasteiger partial charge on any atom is 0.260 e. The summed E-state index contributed by atoms with van der Waals surface area (Å²) in [5, 5.41) is 3.12. The molecule has 4 aromatic rings. The number of imidazole rings is 1. The molecule has 4 rings (SSSR count). The zero-order valence-corrected chi connectivity index (χ0v) is 16.1. The van der Waals surface area contributed by atoms with Crippen molar-refractivity contribution >= 4 is 22.4 Å². The smallest absolute Gasteiger partial charge is 0.260 e. The molecule has 0 saturated heterocycles. The van der Waals surface area contributed by atoms with Crippen LogP contribution in [0.3, 0.4) is 0 Å². The number of thiazole rings is 1. The topological polar surface area (TPSA) is 59.8 Å². The van der Waals surface area contributed by atoms with Gasteiger partial charge in [-0.15, -0.1) is 0 Å². The Labute approximate surface area is 165 Å². The Bertz CT molecular complexity index is 1150. The number of hydrogen-bond donors (Lipinski definition) is 1. The molecule has 2 aromatic heterocycles. The molecule has 0 spiro atoms. The maximum atomic E-state index is 14.3. The third-order valence-corrected chi connectivity index (χ3v) is 5.32. The van der Waals surface area contributed by atoms with E-state index in [1.807, 2.05) is 48.1 Å². The number of rotatable bonds is 4. The van der Waals surface area contributed by atoms with E-state index < -0.39 is 11.7 Å². The minimum Gasteiger partial charge on any atom is -0.333 e. The molecular weight excluding hydrogens is 375 g/mol. The van der Waals surface area contributed by atoms with E-state index in [2.05, 4.69) is 15.3 Å². The van der Waals surface area contributed by atoms with E-state index in [1.54, 1.807) is 25.3 Å². The van der Waals surface area contributed by atoms with E-state index in [9.17, 15) is 9.18 Å². The highest BCUT2D eigenvalue weighted by atomic mass is 32.1. The van der Waals surface area contributed by atoms with E-state index in [4.69, 9.17) is 0 Å². The fourth-order valence-corrected chi connectivity index (χ4v) is 3.91.